The molecule has 1 aliphatic heterocycles. The summed E-state index contributed by atoms with van der Waals surface area (Å²) in [6, 6.07) is 10.2. The van der Waals surface area contributed by atoms with Crippen LogP contribution in [-0.4, -0.2) is 42.0 Å². The molecule has 3 heterocycles. The van der Waals surface area contributed by atoms with Crippen LogP contribution in [0.25, 0.3) is 10.2 Å². The number of hydrogen-bond donors (Lipinski definition) is 0. The van der Waals surface area contributed by atoms with E-state index in [1.54, 1.807) is 11.3 Å². The van der Waals surface area contributed by atoms with Crippen molar-refractivity contribution in [3.05, 3.63) is 45.1 Å². The number of carbonyl (C=O) groups excluding carboxylic acids is 1. The highest BCUT2D eigenvalue weighted by atomic mass is 35.5. The molecule has 1 aliphatic rings. The summed E-state index contributed by atoms with van der Waals surface area (Å²) in [7, 11) is 0. The zero-order valence-electron chi connectivity index (χ0n) is 14.6. The van der Waals surface area contributed by atoms with Gasteiger partial charge in [-0.05, 0) is 30.2 Å². The van der Waals surface area contributed by atoms with E-state index in [0.717, 1.165) is 52.5 Å². The zero-order valence-corrected chi connectivity index (χ0v) is 17.0. The molecule has 0 bridgehead atoms. The highest BCUT2D eigenvalue weighted by Crippen LogP contribution is 2.31. The van der Waals surface area contributed by atoms with Crippen LogP contribution in [-0.2, 0) is 17.6 Å². The van der Waals surface area contributed by atoms with Gasteiger partial charge in [0.2, 0.25) is 5.91 Å². The summed E-state index contributed by atoms with van der Waals surface area (Å²) in [6.07, 6.45) is 1.44. The number of nitrogens with zero attached hydrogens (tertiary/aromatic N) is 3. The van der Waals surface area contributed by atoms with Gasteiger partial charge in [0.25, 0.3) is 0 Å². The highest BCUT2D eigenvalue weighted by Gasteiger charge is 2.23. The Morgan fingerprint density at radius 2 is 1.96 bits per heavy atom. The second kappa shape index (κ2) is 7.55. The molecule has 1 amide bonds. The fourth-order valence-electron chi connectivity index (χ4n) is 3.27. The van der Waals surface area contributed by atoms with Crippen LogP contribution in [0.4, 0.5) is 5.13 Å². The Hall–Kier alpha value is -1.63. The van der Waals surface area contributed by atoms with Crippen molar-refractivity contribution in [2.45, 2.75) is 19.8 Å². The van der Waals surface area contributed by atoms with Crippen molar-refractivity contribution in [2.75, 3.05) is 31.1 Å². The molecule has 7 heteroatoms. The summed E-state index contributed by atoms with van der Waals surface area (Å²) in [5.41, 5.74) is 2.43. The number of halogens is 1. The van der Waals surface area contributed by atoms with E-state index in [1.807, 2.05) is 17.0 Å². The molecule has 0 aliphatic carbocycles. The summed E-state index contributed by atoms with van der Waals surface area (Å²) in [5.74, 6) is 0.181. The number of fused-ring (bicyclic) bond motifs is 1. The van der Waals surface area contributed by atoms with E-state index in [2.05, 4.69) is 30.0 Å². The standard InChI is InChI=1S/C19H20ClN3OS2/c1-2-13-4-3-5-15-18(13)21-19(26-15)23-10-8-22(9-11-23)17(24)12-14-6-7-16(20)25-14/h3-7H,2,8-12H2,1H3. The zero-order chi connectivity index (χ0) is 18.1. The second-order valence-electron chi connectivity index (χ2n) is 6.36. The lowest BCUT2D eigenvalue weighted by molar-refractivity contribution is -0.130. The van der Waals surface area contributed by atoms with Gasteiger partial charge in [-0.25, -0.2) is 4.98 Å². The molecular weight excluding hydrogens is 386 g/mol. The van der Waals surface area contributed by atoms with Crippen LogP contribution in [0.2, 0.25) is 4.34 Å². The number of hydrogen-bond acceptors (Lipinski definition) is 5. The minimum atomic E-state index is 0.181. The first-order chi connectivity index (χ1) is 12.6. The molecular formula is C19H20ClN3OS2. The van der Waals surface area contributed by atoms with Gasteiger partial charge in [0.15, 0.2) is 5.13 Å². The van der Waals surface area contributed by atoms with E-state index >= 15 is 0 Å². The first-order valence-electron chi connectivity index (χ1n) is 8.79. The average molecular weight is 406 g/mol. The van der Waals surface area contributed by atoms with Crippen molar-refractivity contribution in [2.24, 2.45) is 0 Å². The molecule has 0 atom stereocenters. The van der Waals surface area contributed by atoms with E-state index in [0.29, 0.717) is 6.42 Å². The van der Waals surface area contributed by atoms with Crippen LogP contribution >= 0.6 is 34.3 Å². The van der Waals surface area contributed by atoms with Crippen LogP contribution < -0.4 is 4.90 Å². The quantitative estimate of drug-likeness (QED) is 0.642. The normalized spacial score (nSPS) is 15.0. The van der Waals surface area contributed by atoms with Crippen molar-refractivity contribution in [1.82, 2.24) is 9.88 Å². The summed E-state index contributed by atoms with van der Waals surface area (Å²) in [6.45, 7) is 5.32. The Labute approximate surface area is 166 Å². The molecule has 4 nitrogen and oxygen atoms in total. The number of piperazine rings is 1. The predicted octanol–water partition coefficient (Wildman–Crippen LogP) is 4.46. The van der Waals surface area contributed by atoms with Gasteiger partial charge in [-0.3, -0.25) is 4.79 Å². The smallest absolute Gasteiger partial charge is 0.227 e. The molecule has 0 unspecified atom stereocenters. The lowest BCUT2D eigenvalue weighted by Crippen LogP contribution is -2.49. The Balaban J connectivity index is 1.41. The van der Waals surface area contributed by atoms with Crippen LogP contribution in [0.15, 0.2) is 30.3 Å². The molecule has 0 spiro atoms. The van der Waals surface area contributed by atoms with E-state index in [-0.39, 0.29) is 5.91 Å². The largest absolute Gasteiger partial charge is 0.345 e. The van der Waals surface area contributed by atoms with Gasteiger partial charge < -0.3 is 9.80 Å². The Morgan fingerprint density at radius 3 is 2.65 bits per heavy atom. The third kappa shape index (κ3) is 3.59. The van der Waals surface area contributed by atoms with Crippen LogP contribution in [0.1, 0.15) is 17.4 Å². The fourth-order valence-corrected chi connectivity index (χ4v) is 5.41. The molecule has 2 aromatic heterocycles. The lowest BCUT2D eigenvalue weighted by Gasteiger charge is -2.34. The van der Waals surface area contributed by atoms with Crippen molar-refractivity contribution in [3.63, 3.8) is 0 Å². The maximum atomic E-state index is 12.5. The molecule has 4 rings (SSSR count). The summed E-state index contributed by atoms with van der Waals surface area (Å²) in [4.78, 5) is 22.7. The predicted molar refractivity (Wildman–Crippen MR) is 111 cm³/mol. The third-order valence-electron chi connectivity index (χ3n) is 4.73. The second-order valence-corrected chi connectivity index (χ2v) is 9.17. The number of anilines is 1. The van der Waals surface area contributed by atoms with Gasteiger partial charge in [-0.2, -0.15) is 0 Å². The molecule has 1 aromatic carbocycles. The Bertz CT molecular complexity index is 928. The molecule has 0 N–H and O–H groups in total. The number of thiophene rings is 1. The number of thiazole rings is 1. The molecule has 0 radical (unpaired) electrons. The first-order valence-corrected chi connectivity index (χ1v) is 10.8. The summed E-state index contributed by atoms with van der Waals surface area (Å²) < 4.78 is 1.98. The molecule has 3 aromatic rings. The molecule has 136 valence electrons. The highest BCUT2D eigenvalue weighted by molar-refractivity contribution is 7.22. The van der Waals surface area contributed by atoms with E-state index < -0.39 is 0 Å². The topological polar surface area (TPSA) is 36.4 Å². The maximum absolute atomic E-state index is 12.5. The summed E-state index contributed by atoms with van der Waals surface area (Å²) in [5, 5.41) is 1.07. The van der Waals surface area contributed by atoms with Gasteiger partial charge in [0.1, 0.15) is 0 Å². The molecule has 1 fully saturated rings. The molecule has 0 saturated carbocycles. The van der Waals surface area contributed by atoms with Gasteiger partial charge in [-0.1, -0.05) is 42.0 Å². The van der Waals surface area contributed by atoms with Gasteiger partial charge in [0.05, 0.1) is 21.0 Å². The average Bonchev–Trinajstić information content (AvgIpc) is 3.27. The number of rotatable bonds is 4. The number of benzene rings is 1. The SMILES string of the molecule is CCc1cccc2sc(N3CCN(C(=O)Cc4ccc(Cl)s4)CC3)nc12. The number of amides is 1. The van der Waals surface area contributed by atoms with Crippen LogP contribution in [0.3, 0.4) is 0 Å². The van der Waals surface area contributed by atoms with Crippen molar-refractivity contribution >= 4 is 55.5 Å². The van der Waals surface area contributed by atoms with Gasteiger partial charge in [-0.15, -0.1) is 11.3 Å². The van der Waals surface area contributed by atoms with Crippen LogP contribution in [0.5, 0.6) is 0 Å². The van der Waals surface area contributed by atoms with Gasteiger partial charge in [0, 0.05) is 31.1 Å². The third-order valence-corrected chi connectivity index (χ3v) is 7.04. The van der Waals surface area contributed by atoms with Crippen LogP contribution in [0, 0.1) is 0 Å². The molecule has 1 saturated heterocycles. The fraction of sp³-hybridized carbons (Fsp3) is 0.368. The van der Waals surface area contributed by atoms with E-state index in [9.17, 15) is 4.79 Å². The van der Waals surface area contributed by atoms with Crippen molar-refractivity contribution in [1.29, 1.82) is 0 Å². The Morgan fingerprint density at radius 1 is 1.15 bits per heavy atom. The Kier molecular flexibility index (Phi) is 5.16. The lowest BCUT2D eigenvalue weighted by atomic mass is 10.1. The number of aromatic nitrogens is 1. The van der Waals surface area contributed by atoms with Gasteiger partial charge >= 0.3 is 0 Å². The van der Waals surface area contributed by atoms with E-state index in [4.69, 9.17) is 16.6 Å². The number of carbonyl (C=O) groups is 1. The van der Waals surface area contributed by atoms with Crippen molar-refractivity contribution < 1.29 is 4.79 Å². The minimum Gasteiger partial charge on any atom is -0.345 e. The molecule has 26 heavy (non-hydrogen) atoms. The van der Waals surface area contributed by atoms with E-state index in [1.165, 1.54) is 21.6 Å². The number of aryl methyl sites for hydroxylation is 1. The van der Waals surface area contributed by atoms with Crippen molar-refractivity contribution in [3.8, 4) is 0 Å². The minimum absolute atomic E-state index is 0.181. The monoisotopic (exact) mass is 405 g/mol. The number of para-hydroxylation sites is 1. The first kappa shape index (κ1) is 17.8. The maximum Gasteiger partial charge on any atom is 0.227 e. The summed E-state index contributed by atoms with van der Waals surface area (Å²) >= 11 is 9.18.